The van der Waals surface area contributed by atoms with Gasteiger partial charge in [-0.3, -0.25) is 19.0 Å². The fraction of sp³-hybridized carbons (Fsp3) is 0.250. The van der Waals surface area contributed by atoms with Crippen molar-refractivity contribution >= 4 is 40.1 Å². The molecular formula is C16H17IN6O3. The zero-order valence-corrected chi connectivity index (χ0v) is 16.4. The molecule has 0 fully saturated rings. The van der Waals surface area contributed by atoms with E-state index >= 15 is 0 Å². The molecule has 0 aliphatic rings. The quantitative estimate of drug-likeness (QED) is 0.539. The molecule has 0 aliphatic carbocycles. The van der Waals surface area contributed by atoms with Crippen LogP contribution in [-0.2, 0) is 20.1 Å². The molecule has 0 atom stereocenters. The molecule has 3 aromatic rings. The SMILES string of the molecule is CCn1cc(NC(=O)c2nn(C)cc2I)c(C(=O)NCc2ccco2)n1. The Labute approximate surface area is 162 Å². The summed E-state index contributed by atoms with van der Waals surface area (Å²) in [5.41, 5.74) is 0.757. The van der Waals surface area contributed by atoms with Crippen LogP contribution in [0.1, 0.15) is 33.7 Å². The lowest BCUT2D eigenvalue weighted by Crippen LogP contribution is -2.25. The highest BCUT2D eigenvalue weighted by Crippen LogP contribution is 2.17. The lowest BCUT2D eigenvalue weighted by molar-refractivity contribution is 0.0943. The van der Waals surface area contributed by atoms with Crippen LogP contribution in [0, 0.1) is 3.57 Å². The predicted octanol–water partition coefficient (Wildman–Crippen LogP) is 2.02. The molecule has 3 aromatic heterocycles. The van der Waals surface area contributed by atoms with E-state index in [1.807, 2.05) is 29.5 Å². The molecule has 10 heteroatoms. The minimum absolute atomic E-state index is 0.137. The molecule has 26 heavy (non-hydrogen) atoms. The molecule has 2 N–H and O–H groups in total. The van der Waals surface area contributed by atoms with Crippen molar-refractivity contribution in [2.24, 2.45) is 7.05 Å². The summed E-state index contributed by atoms with van der Waals surface area (Å²) in [5, 5.41) is 13.8. The molecule has 0 aromatic carbocycles. The van der Waals surface area contributed by atoms with Crippen LogP contribution in [0.5, 0.6) is 0 Å². The average molecular weight is 468 g/mol. The maximum atomic E-state index is 12.5. The van der Waals surface area contributed by atoms with E-state index in [-0.39, 0.29) is 12.2 Å². The summed E-state index contributed by atoms with van der Waals surface area (Å²) >= 11 is 2.04. The van der Waals surface area contributed by atoms with Crippen LogP contribution in [0.15, 0.2) is 35.2 Å². The zero-order valence-electron chi connectivity index (χ0n) is 14.2. The number of furan rings is 1. The number of hydrogen-bond donors (Lipinski definition) is 2. The molecule has 0 aliphatic heterocycles. The molecule has 3 heterocycles. The second kappa shape index (κ2) is 7.72. The van der Waals surface area contributed by atoms with E-state index in [1.54, 1.807) is 40.9 Å². The van der Waals surface area contributed by atoms with Crippen molar-refractivity contribution in [3.8, 4) is 0 Å². The van der Waals surface area contributed by atoms with E-state index < -0.39 is 11.8 Å². The Kier molecular flexibility index (Phi) is 5.40. The first-order valence-corrected chi connectivity index (χ1v) is 8.94. The van der Waals surface area contributed by atoms with Gasteiger partial charge in [-0.1, -0.05) is 0 Å². The van der Waals surface area contributed by atoms with Gasteiger partial charge in [0, 0.05) is 26.0 Å². The van der Waals surface area contributed by atoms with Crippen molar-refractivity contribution in [2.75, 3.05) is 5.32 Å². The van der Waals surface area contributed by atoms with E-state index in [2.05, 4.69) is 20.8 Å². The van der Waals surface area contributed by atoms with Crippen molar-refractivity contribution in [2.45, 2.75) is 20.0 Å². The van der Waals surface area contributed by atoms with Gasteiger partial charge in [-0.15, -0.1) is 0 Å². The summed E-state index contributed by atoms with van der Waals surface area (Å²) in [6.45, 7) is 2.69. The molecule has 136 valence electrons. The molecule has 0 saturated heterocycles. The van der Waals surface area contributed by atoms with Crippen LogP contribution >= 0.6 is 22.6 Å². The Morgan fingerprint density at radius 1 is 1.23 bits per heavy atom. The maximum Gasteiger partial charge on any atom is 0.277 e. The molecule has 0 spiro atoms. The number of nitrogens with zero attached hydrogens (tertiary/aromatic N) is 4. The van der Waals surface area contributed by atoms with E-state index in [1.165, 1.54) is 6.26 Å². The average Bonchev–Trinajstić information content (AvgIpc) is 3.32. The Morgan fingerprint density at radius 3 is 2.65 bits per heavy atom. The van der Waals surface area contributed by atoms with Crippen molar-refractivity contribution in [1.29, 1.82) is 0 Å². The fourth-order valence-corrected chi connectivity index (χ4v) is 3.06. The summed E-state index contributed by atoms with van der Waals surface area (Å²) in [7, 11) is 1.74. The Hall–Kier alpha value is -2.63. The molecule has 3 rings (SSSR count). The number of rotatable bonds is 6. The zero-order chi connectivity index (χ0) is 18.7. The summed E-state index contributed by atoms with van der Waals surface area (Å²) in [6, 6.07) is 3.50. The van der Waals surface area contributed by atoms with Gasteiger partial charge in [0.1, 0.15) is 5.76 Å². The molecule has 9 nitrogen and oxygen atoms in total. The second-order valence-corrected chi connectivity index (χ2v) is 6.62. The minimum atomic E-state index is -0.403. The first-order chi connectivity index (χ1) is 12.5. The van der Waals surface area contributed by atoms with E-state index in [4.69, 9.17) is 4.42 Å². The highest BCUT2D eigenvalue weighted by Gasteiger charge is 2.21. The van der Waals surface area contributed by atoms with Gasteiger partial charge in [0.25, 0.3) is 11.8 Å². The summed E-state index contributed by atoms with van der Waals surface area (Å²) in [5.74, 6) is -0.174. The van der Waals surface area contributed by atoms with Gasteiger partial charge in [-0.2, -0.15) is 10.2 Å². The van der Waals surface area contributed by atoms with Gasteiger partial charge in [-0.25, -0.2) is 0 Å². The number of aryl methyl sites for hydroxylation is 2. The largest absolute Gasteiger partial charge is 0.467 e. The van der Waals surface area contributed by atoms with Crippen molar-refractivity contribution in [1.82, 2.24) is 24.9 Å². The molecule has 0 radical (unpaired) electrons. The number of hydrogen-bond acceptors (Lipinski definition) is 5. The topological polar surface area (TPSA) is 107 Å². The predicted molar refractivity (Wildman–Crippen MR) is 102 cm³/mol. The number of carbonyl (C=O) groups excluding carboxylic acids is 2. The van der Waals surface area contributed by atoms with E-state index in [9.17, 15) is 9.59 Å². The van der Waals surface area contributed by atoms with Gasteiger partial charge >= 0.3 is 0 Å². The molecule has 0 unspecified atom stereocenters. The Bertz CT molecular complexity index is 928. The highest BCUT2D eigenvalue weighted by atomic mass is 127. The number of carbonyl (C=O) groups is 2. The summed E-state index contributed by atoms with van der Waals surface area (Å²) in [6.07, 6.45) is 4.89. The smallest absolute Gasteiger partial charge is 0.277 e. The standard InChI is InChI=1S/C16H17IN6O3/c1-3-23-9-12(19-16(25)13-11(17)8-22(2)20-13)14(21-23)15(24)18-7-10-5-4-6-26-10/h4-6,8-9H,3,7H2,1-2H3,(H,18,24)(H,19,25). The molecule has 2 amide bonds. The van der Waals surface area contributed by atoms with E-state index in [0.717, 1.165) is 0 Å². The molecular weight excluding hydrogens is 451 g/mol. The number of amides is 2. The number of aromatic nitrogens is 4. The minimum Gasteiger partial charge on any atom is -0.467 e. The second-order valence-electron chi connectivity index (χ2n) is 5.46. The van der Waals surface area contributed by atoms with Crippen molar-refractivity contribution in [3.63, 3.8) is 0 Å². The van der Waals surface area contributed by atoms with Crippen LogP contribution < -0.4 is 10.6 Å². The Morgan fingerprint density at radius 2 is 2.04 bits per heavy atom. The van der Waals surface area contributed by atoms with Crippen molar-refractivity contribution in [3.05, 3.63) is 51.5 Å². The van der Waals surface area contributed by atoms with Crippen LogP contribution in [0.3, 0.4) is 0 Å². The van der Waals surface area contributed by atoms with Gasteiger partial charge in [0.05, 0.1) is 22.1 Å². The van der Waals surface area contributed by atoms with Crippen LogP contribution in [0.25, 0.3) is 0 Å². The van der Waals surface area contributed by atoms with Crippen LogP contribution in [-0.4, -0.2) is 31.4 Å². The van der Waals surface area contributed by atoms with Crippen LogP contribution in [0.4, 0.5) is 5.69 Å². The Balaban J connectivity index is 1.78. The van der Waals surface area contributed by atoms with Gasteiger partial charge in [0.2, 0.25) is 0 Å². The maximum absolute atomic E-state index is 12.5. The monoisotopic (exact) mass is 468 g/mol. The molecule has 0 saturated carbocycles. The first kappa shape index (κ1) is 18.2. The normalized spacial score (nSPS) is 10.7. The third-order valence-electron chi connectivity index (χ3n) is 3.55. The lowest BCUT2D eigenvalue weighted by atomic mass is 10.3. The number of nitrogens with one attached hydrogen (secondary N) is 2. The number of halogens is 1. The third kappa shape index (κ3) is 3.95. The van der Waals surface area contributed by atoms with E-state index in [0.29, 0.717) is 27.3 Å². The first-order valence-electron chi connectivity index (χ1n) is 7.86. The lowest BCUT2D eigenvalue weighted by Gasteiger charge is -2.05. The van der Waals surface area contributed by atoms with Gasteiger partial charge < -0.3 is 15.1 Å². The highest BCUT2D eigenvalue weighted by molar-refractivity contribution is 14.1. The third-order valence-corrected chi connectivity index (χ3v) is 4.34. The molecule has 0 bridgehead atoms. The van der Waals surface area contributed by atoms with Crippen molar-refractivity contribution < 1.29 is 14.0 Å². The van der Waals surface area contributed by atoms with Crippen LogP contribution in [0.2, 0.25) is 0 Å². The number of anilines is 1. The van der Waals surface area contributed by atoms with Gasteiger partial charge in [0.15, 0.2) is 11.4 Å². The van der Waals surface area contributed by atoms with Gasteiger partial charge in [-0.05, 0) is 41.6 Å². The summed E-state index contributed by atoms with van der Waals surface area (Å²) in [4.78, 5) is 25.0. The summed E-state index contributed by atoms with van der Waals surface area (Å²) < 4.78 is 9.05. The fourth-order valence-electron chi connectivity index (χ4n) is 2.30.